The molecule has 5 rings (SSSR count). The maximum Gasteiger partial charge on any atom is 0.276 e. The number of sulfone groups is 1. The lowest BCUT2D eigenvalue weighted by atomic mass is 10.2. The van der Waals surface area contributed by atoms with Crippen molar-refractivity contribution >= 4 is 33.0 Å². The van der Waals surface area contributed by atoms with Crippen molar-refractivity contribution in [1.82, 2.24) is 9.78 Å². The molecule has 2 aliphatic heterocycles. The lowest BCUT2D eigenvalue weighted by molar-refractivity contribution is -0.118. The van der Waals surface area contributed by atoms with Crippen LogP contribution < -0.4 is 15.4 Å². The molecule has 0 spiro atoms. The largest absolute Gasteiger partial charge is 0.482 e. The molecule has 3 aromatic rings. The van der Waals surface area contributed by atoms with Crippen LogP contribution in [0.2, 0.25) is 0 Å². The van der Waals surface area contributed by atoms with Crippen molar-refractivity contribution < 1.29 is 27.2 Å². The van der Waals surface area contributed by atoms with E-state index in [0.717, 1.165) is 0 Å². The molecule has 2 N–H and O–H groups in total. The van der Waals surface area contributed by atoms with Crippen LogP contribution in [0.5, 0.6) is 5.75 Å². The Morgan fingerprint density at radius 1 is 1.26 bits per heavy atom. The molecule has 31 heavy (non-hydrogen) atoms. The highest BCUT2D eigenvalue weighted by atomic mass is 32.2. The minimum atomic E-state index is -3.14. The molecule has 0 radical (unpaired) electrons. The average Bonchev–Trinajstić information content (AvgIpc) is 3.46. The molecule has 1 atom stereocenters. The predicted molar refractivity (Wildman–Crippen MR) is 111 cm³/mol. The topological polar surface area (TPSA) is 133 Å². The number of benzene rings is 1. The van der Waals surface area contributed by atoms with Crippen LogP contribution in [0.1, 0.15) is 23.0 Å². The highest BCUT2D eigenvalue weighted by molar-refractivity contribution is 7.91. The Bertz CT molecular complexity index is 1280. The second-order valence-corrected chi connectivity index (χ2v) is 9.62. The summed E-state index contributed by atoms with van der Waals surface area (Å²) in [7, 11) is -3.14. The van der Waals surface area contributed by atoms with E-state index in [4.69, 9.17) is 9.15 Å². The fraction of sp³-hybridized carbons (Fsp3) is 0.250. The van der Waals surface area contributed by atoms with Gasteiger partial charge in [0.05, 0.1) is 29.5 Å². The summed E-state index contributed by atoms with van der Waals surface area (Å²) in [5.41, 5.74) is 1.57. The van der Waals surface area contributed by atoms with Crippen molar-refractivity contribution in [3.05, 3.63) is 48.4 Å². The zero-order valence-electron chi connectivity index (χ0n) is 16.2. The van der Waals surface area contributed by atoms with Gasteiger partial charge in [0.25, 0.3) is 11.8 Å². The Hall–Kier alpha value is -3.60. The maximum absolute atomic E-state index is 12.9. The van der Waals surface area contributed by atoms with Gasteiger partial charge >= 0.3 is 0 Å². The van der Waals surface area contributed by atoms with Gasteiger partial charge in [-0.1, -0.05) is 0 Å². The van der Waals surface area contributed by atoms with Gasteiger partial charge in [0.2, 0.25) is 0 Å². The molecule has 10 nitrogen and oxygen atoms in total. The third-order valence-electron chi connectivity index (χ3n) is 5.17. The van der Waals surface area contributed by atoms with E-state index >= 15 is 0 Å². The van der Waals surface area contributed by atoms with Gasteiger partial charge in [0.1, 0.15) is 11.4 Å². The van der Waals surface area contributed by atoms with Gasteiger partial charge in [-0.15, -0.1) is 0 Å². The molecular weight excluding hydrogens is 424 g/mol. The molecule has 2 amide bonds. The minimum Gasteiger partial charge on any atom is -0.482 e. The number of furan rings is 1. The lowest BCUT2D eigenvalue weighted by Crippen LogP contribution is -2.25. The van der Waals surface area contributed by atoms with E-state index in [2.05, 4.69) is 15.7 Å². The number of rotatable bonds is 4. The Morgan fingerprint density at radius 3 is 2.87 bits per heavy atom. The number of amides is 2. The molecule has 1 saturated heterocycles. The van der Waals surface area contributed by atoms with Crippen LogP contribution in [-0.2, 0) is 14.6 Å². The number of nitrogens with one attached hydrogen (secondary N) is 2. The Labute approximate surface area is 177 Å². The predicted octanol–water partition coefficient (Wildman–Crippen LogP) is 2.09. The van der Waals surface area contributed by atoms with E-state index in [9.17, 15) is 18.0 Å². The van der Waals surface area contributed by atoms with Gasteiger partial charge in [0, 0.05) is 11.8 Å². The zero-order chi connectivity index (χ0) is 21.6. The summed E-state index contributed by atoms with van der Waals surface area (Å²) < 4.78 is 36.2. The van der Waals surface area contributed by atoms with Gasteiger partial charge in [-0.2, -0.15) is 5.10 Å². The number of carbonyl (C=O) groups excluding carboxylic acids is 2. The van der Waals surface area contributed by atoms with Gasteiger partial charge in [-0.3, -0.25) is 14.3 Å². The summed E-state index contributed by atoms with van der Waals surface area (Å²) in [6.45, 7) is -0.0530. The molecule has 1 unspecified atom stereocenters. The smallest absolute Gasteiger partial charge is 0.276 e. The fourth-order valence-corrected chi connectivity index (χ4v) is 5.41. The normalized spacial score (nSPS) is 19.4. The van der Waals surface area contributed by atoms with Crippen LogP contribution in [0.4, 0.5) is 11.4 Å². The van der Waals surface area contributed by atoms with E-state index in [0.29, 0.717) is 35.0 Å². The molecule has 2 aromatic heterocycles. The van der Waals surface area contributed by atoms with E-state index in [1.54, 1.807) is 41.1 Å². The quantitative estimate of drug-likeness (QED) is 0.632. The second kappa shape index (κ2) is 7.27. The number of nitrogens with zero attached hydrogens (tertiary/aromatic N) is 2. The van der Waals surface area contributed by atoms with Crippen molar-refractivity contribution in [2.24, 2.45) is 0 Å². The SMILES string of the molecule is O=C1COc2ccc(NC(=O)c3cc(-c4ccco4)n(C4CCS(=O)(=O)C4)n3)cc2N1. The lowest BCUT2D eigenvalue weighted by Gasteiger charge is -2.18. The number of aromatic nitrogens is 2. The first-order valence-electron chi connectivity index (χ1n) is 9.60. The van der Waals surface area contributed by atoms with Crippen LogP contribution in [0, 0.1) is 0 Å². The number of ether oxygens (including phenoxy) is 1. The number of fused-ring (bicyclic) bond motifs is 1. The highest BCUT2D eigenvalue weighted by Gasteiger charge is 2.32. The van der Waals surface area contributed by atoms with Crippen LogP contribution in [0.25, 0.3) is 11.5 Å². The first kappa shape index (κ1) is 19.4. The molecule has 4 heterocycles. The number of carbonyl (C=O) groups is 2. The first-order chi connectivity index (χ1) is 14.9. The summed E-state index contributed by atoms with van der Waals surface area (Å²) in [6.07, 6.45) is 1.92. The Morgan fingerprint density at radius 2 is 2.13 bits per heavy atom. The molecule has 160 valence electrons. The van der Waals surface area contributed by atoms with E-state index in [1.165, 1.54) is 6.26 Å². The summed E-state index contributed by atoms with van der Waals surface area (Å²) in [6, 6.07) is 9.54. The molecule has 1 aromatic carbocycles. The number of anilines is 2. The fourth-order valence-electron chi connectivity index (χ4n) is 3.72. The summed E-state index contributed by atoms with van der Waals surface area (Å²) in [5, 5.41) is 9.83. The Balaban J connectivity index is 1.44. The van der Waals surface area contributed by atoms with Crippen molar-refractivity contribution in [3.63, 3.8) is 0 Å². The Kier molecular flexibility index (Phi) is 4.54. The second-order valence-electron chi connectivity index (χ2n) is 7.40. The van der Waals surface area contributed by atoms with Crippen LogP contribution >= 0.6 is 0 Å². The monoisotopic (exact) mass is 442 g/mol. The molecule has 0 aliphatic carbocycles. The molecule has 0 bridgehead atoms. The zero-order valence-corrected chi connectivity index (χ0v) is 17.0. The first-order valence-corrected chi connectivity index (χ1v) is 11.4. The van der Waals surface area contributed by atoms with Gasteiger partial charge < -0.3 is 19.8 Å². The van der Waals surface area contributed by atoms with E-state index < -0.39 is 15.7 Å². The number of hydrogen-bond acceptors (Lipinski definition) is 7. The van der Waals surface area contributed by atoms with Crippen molar-refractivity contribution in [2.75, 3.05) is 28.7 Å². The summed E-state index contributed by atoms with van der Waals surface area (Å²) in [4.78, 5) is 24.4. The van der Waals surface area contributed by atoms with Crippen LogP contribution in [0.15, 0.2) is 47.1 Å². The van der Waals surface area contributed by atoms with E-state index in [-0.39, 0.29) is 35.8 Å². The molecule has 1 fully saturated rings. The van der Waals surface area contributed by atoms with Gasteiger partial charge in [0.15, 0.2) is 27.9 Å². The van der Waals surface area contributed by atoms with Gasteiger partial charge in [-0.05, 0) is 36.8 Å². The van der Waals surface area contributed by atoms with Crippen molar-refractivity contribution in [1.29, 1.82) is 0 Å². The molecule has 11 heteroatoms. The standard InChI is InChI=1S/C20H18N4O6S/c25-19-10-30-17-4-3-12(8-14(17)22-19)21-20(26)15-9-16(18-2-1-6-29-18)24(23-15)13-5-7-31(27,28)11-13/h1-4,6,8-9,13H,5,7,10-11H2,(H,21,26)(H,22,25). The molecule has 2 aliphatic rings. The third-order valence-corrected chi connectivity index (χ3v) is 6.92. The highest BCUT2D eigenvalue weighted by Crippen LogP contribution is 2.32. The van der Waals surface area contributed by atoms with Gasteiger partial charge in [-0.25, -0.2) is 8.42 Å². The van der Waals surface area contributed by atoms with Crippen molar-refractivity contribution in [2.45, 2.75) is 12.5 Å². The van der Waals surface area contributed by atoms with Crippen molar-refractivity contribution in [3.8, 4) is 17.2 Å². The average molecular weight is 442 g/mol. The third kappa shape index (κ3) is 3.79. The van der Waals surface area contributed by atoms with Crippen LogP contribution in [-0.4, -0.2) is 48.1 Å². The number of hydrogen-bond donors (Lipinski definition) is 2. The van der Waals surface area contributed by atoms with E-state index in [1.807, 2.05) is 0 Å². The van der Waals surface area contributed by atoms with Crippen LogP contribution in [0.3, 0.4) is 0 Å². The maximum atomic E-state index is 12.9. The summed E-state index contributed by atoms with van der Waals surface area (Å²) >= 11 is 0. The minimum absolute atomic E-state index is 0.0338. The molecule has 0 saturated carbocycles. The summed E-state index contributed by atoms with van der Waals surface area (Å²) in [5.74, 6) is 0.307. The molecular formula is C20H18N4O6S.